The van der Waals surface area contributed by atoms with Crippen molar-refractivity contribution in [3.8, 4) is 0 Å². The highest BCUT2D eigenvalue weighted by Gasteiger charge is 2.14. The van der Waals surface area contributed by atoms with Gasteiger partial charge in [-0.2, -0.15) is 0 Å². The van der Waals surface area contributed by atoms with Crippen LogP contribution in [0.15, 0.2) is 36.5 Å². The minimum absolute atomic E-state index is 0.133. The first-order valence-electron chi connectivity index (χ1n) is 5.39. The molecule has 6 nitrogen and oxygen atoms in total. The third kappa shape index (κ3) is 3.11. The number of nitrogens with one attached hydrogen (secondary N) is 2. The Balaban J connectivity index is 2.08. The summed E-state index contributed by atoms with van der Waals surface area (Å²) in [5.74, 6) is -0.0384. The summed E-state index contributed by atoms with van der Waals surface area (Å²) in [6, 6.07) is 8.20. The summed E-state index contributed by atoms with van der Waals surface area (Å²) in [5, 5.41) is 13.1. The molecule has 0 saturated heterocycles. The number of hydrogen-bond acceptors (Lipinski definition) is 3. The van der Waals surface area contributed by atoms with Crippen molar-refractivity contribution < 1.29 is 9.72 Å². The third-order valence-electron chi connectivity index (χ3n) is 2.49. The molecule has 0 bridgehead atoms. The quantitative estimate of drug-likeness (QED) is 0.512. The number of benzene rings is 1. The molecule has 2 N–H and O–H groups in total. The van der Waals surface area contributed by atoms with E-state index in [0.717, 1.165) is 5.56 Å². The fourth-order valence-corrected chi connectivity index (χ4v) is 1.67. The van der Waals surface area contributed by atoms with Gasteiger partial charge in [0, 0.05) is 17.6 Å². The highest BCUT2D eigenvalue weighted by atomic mass is 35.5. The molecule has 19 heavy (non-hydrogen) atoms. The first-order valence-corrected chi connectivity index (χ1v) is 5.92. The molecular weight excluding hydrogens is 270 g/mol. The van der Waals surface area contributed by atoms with Gasteiger partial charge in [0.25, 0.3) is 11.6 Å². The lowest BCUT2D eigenvalue weighted by molar-refractivity contribution is -0.384. The van der Waals surface area contributed by atoms with Gasteiger partial charge in [-0.25, -0.2) is 0 Å². The average Bonchev–Trinajstić information content (AvgIpc) is 2.89. The van der Waals surface area contributed by atoms with Crippen LogP contribution in [-0.4, -0.2) is 15.8 Å². The number of carbonyl (C=O) groups is 1. The Labute approximate surface area is 113 Å². The number of carbonyl (C=O) groups excluding carboxylic acids is 1. The molecule has 0 aliphatic rings. The van der Waals surface area contributed by atoms with E-state index in [9.17, 15) is 14.9 Å². The van der Waals surface area contributed by atoms with Gasteiger partial charge in [0.1, 0.15) is 5.69 Å². The Morgan fingerprint density at radius 1 is 1.37 bits per heavy atom. The van der Waals surface area contributed by atoms with Crippen molar-refractivity contribution in [1.82, 2.24) is 4.98 Å². The molecule has 0 saturated carbocycles. The fourth-order valence-electron chi connectivity index (χ4n) is 1.50. The largest absolute Gasteiger partial charge is 0.351 e. The van der Waals surface area contributed by atoms with Crippen LogP contribution in [0.2, 0.25) is 0 Å². The van der Waals surface area contributed by atoms with Gasteiger partial charge in [-0.3, -0.25) is 14.9 Å². The van der Waals surface area contributed by atoms with E-state index in [0.29, 0.717) is 11.6 Å². The Hall–Kier alpha value is -2.34. The van der Waals surface area contributed by atoms with Crippen LogP contribution in [0.25, 0.3) is 0 Å². The standard InChI is InChI=1S/C12H10ClN3O3/c13-6-8-1-3-9(4-2-8)15-12(17)11-5-10(7-14-11)16(18)19/h1-5,7,14H,6H2,(H,15,17). The molecule has 0 fully saturated rings. The second-order valence-corrected chi connectivity index (χ2v) is 4.08. The second-order valence-electron chi connectivity index (χ2n) is 3.81. The van der Waals surface area contributed by atoms with E-state index in [1.54, 1.807) is 24.3 Å². The molecule has 1 amide bonds. The van der Waals surface area contributed by atoms with Gasteiger partial charge in [0.2, 0.25) is 0 Å². The Kier molecular flexibility index (Phi) is 3.82. The maximum Gasteiger partial charge on any atom is 0.287 e. The predicted molar refractivity (Wildman–Crippen MR) is 71.4 cm³/mol. The molecule has 7 heteroatoms. The number of rotatable bonds is 4. The van der Waals surface area contributed by atoms with E-state index in [4.69, 9.17) is 11.6 Å². The lowest BCUT2D eigenvalue weighted by Crippen LogP contribution is -2.12. The van der Waals surface area contributed by atoms with E-state index >= 15 is 0 Å². The van der Waals surface area contributed by atoms with Crippen molar-refractivity contribution in [2.24, 2.45) is 0 Å². The van der Waals surface area contributed by atoms with Crippen LogP contribution in [0, 0.1) is 10.1 Å². The average molecular weight is 280 g/mol. The number of anilines is 1. The number of amides is 1. The Bertz CT molecular complexity index is 607. The van der Waals surface area contributed by atoms with Crippen LogP contribution < -0.4 is 5.32 Å². The molecule has 98 valence electrons. The van der Waals surface area contributed by atoms with E-state index in [1.165, 1.54) is 12.3 Å². The van der Waals surface area contributed by atoms with E-state index in [1.807, 2.05) is 0 Å². The van der Waals surface area contributed by atoms with Crippen molar-refractivity contribution in [2.75, 3.05) is 5.32 Å². The molecule has 2 rings (SSSR count). The summed E-state index contributed by atoms with van der Waals surface area (Å²) < 4.78 is 0. The molecular formula is C12H10ClN3O3. The monoisotopic (exact) mass is 279 g/mol. The van der Waals surface area contributed by atoms with Crippen LogP contribution in [-0.2, 0) is 5.88 Å². The van der Waals surface area contributed by atoms with Gasteiger partial charge in [-0.05, 0) is 17.7 Å². The number of H-pyrrole nitrogens is 1. The van der Waals surface area contributed by atoms with Crippen molar-refractivity contribution in [2.45, 2.75) is 5.88 Å². The van der Waals surface area contributed by atoms with Crippen LogP contribution in [0.3, 0.4) is 0 Å². The predicted octanol–water partition coefficient (Wildman–Crippen LogP) is 2.91. The first kappa shape index (κ1) is 13.1. The first-order chi connectivity index (χ1) is 9.10. The van der Waals surface area contributed by atoms with Gasteiger partial charge >= 0.3 is 0 Å². The maximum absolute atomic E-state index is 11.8. The summed E-state index contributed by atoms with van der Waals surface area (Å²) in [5.41, 5.74) is 1.52. The number of nitro groups is 1. The number of nitrogens with zero attached hydrogens (tertiary/aromatic N) is 1. The molecule has 1 aromatic carbocycles. The summed E-state index contributed by atoms with van der Waals surface area (Å²) in [4.78, 5) is 24.3. The van der Waals surface area contributed by atoms with Crippen molar-refractivity contribution in [3.05, 3.63) is 57.9 Å². The number of hydrogen-bond donors (Lipinski definition) is 2. The zero-order valence-corrected chi connectivity index (χ0v) is 10.5. The lowest BCUT2D eigenvalue weighted by atomic mass is 10.2. The normalized spacial score (nSPS) is 10.2. The Morgan fingerprint density at radius 3 is 2.58 bits per heavy atom. The molecule has 1 aromatic heterocycles. The molecule has 0 atom stereocenters. The number of aromatic amines is 1. The van der Waals surface area contributed by atoms with Crippen LogP contribution in [0.4, 0.5) is 11.4 Å². The molecule has 1 heterocycles. The summed E-state index contributed by atoms with van der Waals surface area (Å²) >= 11 is 5.66. The van der Waals surface area contributed by atoms with Gasteiger partial charge in [0.15, 0.2) is 0 Å². The van der Waals surface area contributed by atoms with E-state index in [-0.39, 0.29) is 11.4 Å². The molecule has 0 aliphatic heterocycles. The van der Waals surface area contributed by atoms with Gasteiger partial charge in [-0.1, -0.05) is 12.1 Å². The van der Waals surface area contributed by atoms with Crippen molar-refractivity contribution in [1.29, 1.82) is 0 Å². The van der Waals surface area contributed by atoms with Gasteiger partial charge in [-0.15, -0.1) is 11.6 Å². The highest BCUT2D eigenvalue weighted by molar-refractivity contribution is 6.17. The minimum atomic E-state index is -0.567. The Morgan fingerprint density at radius 2 is 2.05 bits per heavy atom. The SMILES string of the molecule is O=C(Nc1ccc(CCl)cc1)c1cc([N+](=O)[O-])c[nH]1. The summed E-state index contributed by atoms with van der Waals surface area (Å²) in [6.45, 7) is 0. The molecule has 0 radical (unpaired) electrons. The summed E-state index contributed by atoms with van der Waals surface area (Å²) in [7, 11) is 0. The summed E-state index contributed by atoms with van der Waals surface area (Å²) in [6.07, 6.45) is 1.17. The van der Waals surface area contributed by atoms with Crippen LogP contribution in [0.5, 0.6) is 0 Å². The second kappa shape index (κ2) is 5.53. The maximum atomic E-state index is 11.8. The fraction of sp³-hybridized carbons (Fsp3) is 0.0833. The third-order valence-corrected chi connectivity index (χ3v) is 2.80. The highest BCUT2D eigenvalue weighted by Crippen LogP contribution is 2.15. The lowest BCUT2D eigenvalue weighted by Gasteiger charge is -2.04. The van der Waals surface area contributed by atoms with Crippen molar-refractivity contribution >= 4 is 28.9 Å². The zero-order chi connectivity index (χ0) is 13.8. The van der Waals surface area contributed by atoms with E-state index < -0.39 is 10.8 Å². The molecule has 0 aliphatic carbocycles. The smallest absolute Gasteiger partial charge is 0.287 e. The molecule has 0 spiro atoms. The topological polar surface area (TPSA) is 88.0 Å². The zero-order valence-electron chi connectivity index (χ0n) is 9.72. The number of halogens is 1. The minimum Gasteiger partial charge on any atom is -0.351 e. The van der Waals surface area contributed by atoms with Gasteiger partial charge in [0.05, 0.1) is 11.1 Å². The number of alkyl halides is 1. The van der Waals surface area contributed by atoms with Crippen LogP contribution in [0.1, 0.15) is 16.1 Å². The van der Waals surface area contributed by atoms with Crippen molar-refractivity contribution in [3.63, 3.8) is 0 Å². The van der Waals surface area contributed by atoms with E-state index in [2.05, 4.69) is 10.3 Å². The molecule has 0 unspecified atom stereocenters. The molecule has 2 aromatic rings. The van der Waals surface area contributed by atoms with Gasteiger partial charge < -0.3 is 10.3 Å². The number of aromatic nitrogens is 1. The van der Waals surface area contributed by atoms with Crippen LogP contribution >= 0.6 is 11.6 Å².